The lowest BCUT2D eigenvalue weighted by Crippen LogP contribution is -2.17. The van der Waals surface area contributed by atoms with Crippen LogP contribution in [-0.4, -0.2) is 44.1 Å². The molecule has 0 radical (unpaired) electrons. The summed E-state index contributed by atoms with van der Waals surface area (Å²) < 4.78 is 1.14. The number of aromatic nitrogens is 4. The minimum atomic E-state index is -1.02. The van der Waals surface area contributed by atoms with Crippen LogP contribution in [0.2, 0.25) is 0 Å². The van der Waals surface area contributed by atoms with Gasteiger partial charge in [-0.2, -0.15) is 0 Å². The molecule has 1 aliphatic rings. The van der Waals surface area contributed by atoms with Crippen molar-refractivity contribution in [2.75, 3.05) is 18.0 Å². The Kier molecular flexibility index (Phi) is 3.39. The van der Waals surface area contributed by atoms with Crippen molar-refractivity contribution in [2.45, 2.75) is 12.8 Å². The summed E-state index contributed by atoms with van der Waals surface area (Å²) in [6, 6.07) is 4.07. The molecular weight excluding hydrogens is 350 g/mol. The summed E-state index contributed by atoms with van der Waals surface area (Å²) in [6.07, 6.45) is 7.38. The van der Waals surface area contributed by atoms with Gasteiger partial charge < -0.3 is 15.0 Å². The van der Waals surface area contributed by atoms with Gasteiger partial charge in [0.25, 0.3) is 0 Å². The van der Waals surface area contributed by atoms with E-state index in [1.807, 2.05) is 12.3 Å². The number of carbonyl (C=O) groups is 1. The lowest BCUT2D eigenvalue weighted by Gasteiger charge is -2.17. The van der Waals surface area contributed by atoms with Crippen molar-refractivity contribution in [3.8, 4) is 10.6 Å². The second kappa shape index (κ2) is 5.77. The van der Waals surface area contributed by atoms with E-state index in [-0.39, 0.29) is 5.56 Å². The van der Waals surface area contributed by atoms with Gasteiger partial charge in [0.2, 0.25) is 0 Å². The van der Waals surface area contributed by atoms with E-state index in [2.05, 4.69) is 30.9 Å². The molecule has 1 fully saturated rings. The number of nitrogens with zero attached hydrogens (tertiary/aromatic N) is 4. The van der Waals surface area contributed by atoms with Crippen LogP contribution in [0.15, 0.2) is 30.7 Å². The van der Waals surface area contributed by atoms with E-state index >= 15 is 0 Å². The highest BCUT2D eigenvalue weighted by Crippen LogP contribution is 2.38. The fourth-order valence-corrected chi connectivity index (χ4v) is 4.54. The van der Waals surface area contributed by atoms with Crippen molar-refractivity contribution in [2.24, 2.45) is 0 Å². The molecule has 1 saturated heterocycles. The fourth-order valence-electron chi connectivity index (χ4n) is 3.43. The Bertz CT molecular complexity index is 1140. The Balaban J connectivity index is 1.65. The summed E-state index contributed by atoms with van der Waals surface area (Å²) in [5.41, 5.74) is 3.79. The minimum Gasteiger partial charge on any atom is -0.478 e. The first kappa shape index (κ1) is 15.3. The fraction of sp³-hybridized carbons (Fsp3) is 0.222. The number of H-pyrrole nitrogens is 1. The Labute approximate surface area is 152 Å². The predicted octanol–water partition coefficient (Wildman–Crippen LogP) is 3.53. The molecular formula is C18H15N5O2S. The van der Waals surface area contributed by atoms with Gasteiger partial charge in [-0.1, -0.05) is 0 Å². The van der Waals surface area contributed by atoms with E-state index < -0.39 is 5.97 Å². The summed E-state index contributed by atoms with van der Waals surface area (Å²) in [5, 5.41) is 9.30. The van der Waals surface area contributed by atoms with Gasteiger partial charge >= 0.3 is 5.97 Å². The molecule has 1 aliphatic heterocycles. The molecule has 5 rings (SSSR count). The van der Waals surface area contributed by atoms with Crippen LogP contribution in [0.5, 0.6) is 0 Å². The molecule has 0 bridgehead atoms. The molecule has 0 spiro atoms. The third-order valence-corrected chi connectivity index (χ3v) is 5.87. The van der Waals surface area contributed by atoms with Crippen molar-refractivity contribution in [3.63, 3.8) is 0 Å². The van der Waals surface area contributed by atoms with Gasteiger partial charge in [0.15, 0.2) is 5.65 Å². The van der Waals surface area contributed by atoms with E-state index in [1.165, 1.54) is 24.7 Å². The highest BCUT2D eigenvalue weighted by molar-refractivity contribution is 7.22. The number of fused-ring (bicyclic) bond motifs is 2. The Morgan fingerprint density at radius 1 is 1.27 bits per heavy atom. The van der Waals surface area contributed by atoms with E-state index in [0.717, 1.165) is 28.2 Å². The molecule has 4 aromatic heterocycles. The summed E-state index contributed by atoms with van der Waals surface area (Å²) in [7, 11) is 0. The molecule has 0 atom stereocenters. The Morgan fingerprint density at radius 3 is 2.92 bits per heavy atom. The highest BCUT2D eigenvalue weighted by atomic mass is 32.1. The Hall–Kier alpha value is -3.00. The zero-order valence-electron chi connectivity index (χ0n) is 13.8. The number of anilines is 1. The third-order valence-electron chi connectivity index (χ3n) is 4.70. The number of carboxylic acid groups (broad SMARTS) is 1. The van der Waals surface area contributed by atoms with Crippen molar-refractivity contribution in [1.82, 2.24) is 19.9 Å². The maximum absolute atomic E-state index is 11.4. The van der Waals surface area contributed by atoms with Crippen LogP contribution in [0.3, 0.4) is 0 Å². The number of aromatic amines is 1. The van der Waals surface area contributed by atoms with Crippen molar-refractivity contribution < 1.29 is 9.90 Å². The van der Waals surface area contributed by atoms with Crippen molar-refractivity contribution in [3.05, 3.63) is 36.3 Å². The maximum Gasteiger partial charge on any atom is 0.339 e. The van der Waals surface area contributed by atoms with Gasteiger partial charge in [-0.15, -0.1) is 11.3 Å². The van der Waals surface area contributed by atoms with E-state index in [1.54, 1.807) is 17.5 Å². The molecule has 0 aromatic carbocycles. The van der Waals surface area contributed by atoms with Gasteiger partial charge in [0.05, 0.1) is 32.7 Å². The van der Waals surface area contributed by atoms with Gasteiger partial charge in [-0.3, -0.25) is 4.98 Å². The third kappa shape index (κ3) is 2.33. The molecule has 0 aliphatic carbocycles. The van der Waals surface area contributed by atoms with Gasteiger partial charge in [0, 0.05) is 25.5 Å². The normalized spacial score (nSPS) is 14.5. The number of thiophene rings is 1. The van der Waals surface area contributed by atoms with E-state index in [0.29, 0.717) is 16.9 Å². The number of aromatic carboxylic acids is 1. The van der Waals surface area contributed by atoms with Crippen LogP contribution in [0, 0.1) is 0 Å². The first-order chi connectivity index (χ1) is 12.7. The molecule has 0 amide bonds. The number of rotatable bonds is 3. The molecule has 5 heterocycles. The largest absolute Gasteiger partial charge is 0.478 e. The van der Waals surface area contributed by atoms with Crippen LogP contribution in [-0.2, 0) is 0 Å². The topological polar surface area (TPSA) is 95.0 Å². The number of pyridine rings is 1. The quantitative estimate of drug-likeness (QED) is 0.577. The first-order valence-electron chi connectivity index (χ1n) is 8.42. The molecule has 26 heavy (non-hydrogen) atoms. The molecule has 0 saturated carbocycles. The van der Waals surface area contributed by atoms with Crippen LogP contribution < -0.4 is 4.90 Å². The van der Waals surface area contributed by atoms with Gasteiger partial charge in [0.1, 0.15) is 11.1 Å². The first-order valence-corrected chi connectivity index (χ1v) is 9.23. The monoisotopic (exact) mass is 365 g/mol. The second-order valence-electron chi connectivity index (χ2n) is 6.31. The van der Waals surface area contributed by atoms with Crippen molar-refractivity contribution >= 4 is 44.4 Å². The molecule has 130 valence electrons. The minimum absolute atomic E-state index is 0.131. The summed E-state index contributed by atoms with van der Waals surface area (Å²) >= 11 is 1.62. The zero-order valence-corrected chi connectivity index (χ0v) is 14.6. The maximum atomic E-state index is 11.4. The number of hydrogen-bond acceptors (Lipinski definition) is 6. The predicted molar refractivity (Wildman–Crippen MR) is 101 cm³/mol. The molecule has 2 N–H and O–H groups in total. The Morgan fingerprint density at radius 2 is 2.12 bits per heavy atom. The summed E-state index contributed by atoms with van der Waals surface area (Å²) in [4.78, 5) is 30.9. The number of hydrogen-bond donors (Lipinski definition) is 2. The smallest absolute Gasteiger partial charge is 0.339 e. The average Bonchev–Trinajstić information content (AvgIpc) is 3.38. The SMILES string of the molecule is O=C(O)c1c[nH]c2ncc(-c3cc4nccc(N5CCCC5)c4s3)nc12. The van der Waals surface area contributed by atoms with Crippen LogP contribution in [0.25, 0.3) is 32.0 Å². The van der Waals surface area contributed by atoms with Gasteiger partial charge in [-0.05, 0) is 25.0 Å². The van der Waals surface area contributed by atoms with E-state index in [4.69, 9.17) is 0 Å². The van der Waals surface area contributed by atoms with Crippen molar-refractivity contribution in [1.29, 1.82) is 0 Å². The van der Waals surface area contributed by atoms with E-state index in [9.17, 15) is 9.90 Å². The number of carboxylic acids is 1. The molecule has 7 nitrogen and oxygen atoms in total. The highest BCUT2D eigenvalue weighted by Gasteiger charge is 2.19. The van der Waals surface area contributed by atoms with Crippen LogP contribution >= 0.6 is 11.3 Å². The number of nitrogens with one attached hydrogen (secondary N) is 1. The summed E-state index contributed by atoms with van der Waals surface area (Å²) in [6.45, 7) is 2.15. The zero-order chi connectivity index (χ0) is 17.7. The average molecular weight is 365 g/mol. The second-order valence-corrected chi connectivity index (χ2v) is 7.36. The van der Waals surface area contributed by atoms with Crippen LogP contribution in [0.1, 0.15) is 23.2 Å². The van der Waals surface area contributed by atoms with Gasteiger partial charge in [-0.25, -0.2) is 14.8 Å². The molecule has 4 aromatic rings. The lowest BCUT2D eigenvalue weighted by molar-refractivity contribution is 0.0699. The standard InChI is InChI=1S/C18H15N5O2S/c24-18(25)10-8-20-17-15(10)22-12(9-21-17)14-7-11-16(26-14)13(3-4-19-11)23-5-1-2-6-23/h3-4,7-9H,1-2,5-6H2,(H,20,21)(H,24,25). The molecule has 0 unspecified atom stereocenters. The summed E-state index contributed by atoms with van der Waals surface area (Å²) in [5.74, 6) is -1.02. The molecule has 8 heteroatoms. The lowest BCUT2D eigenvalue weighted by atomic mass is 10.2. The van der Waals surface area contributed by atoms with Crippen LogP contribution in [0.4, 0.5) is 5.69 Å².